The summed E-state index contributed by atoms with van der Waals surface area (Å²) in [4.78, 5) is 39.1. The van der Waals surface area contributed by atoms with Crippen LogP contribution in [-0.4, -0.2) is 38.0 Å². The monoisotopic (exact) mass is 456 g/mol. The van der Waals surface area contributed by atoms with Crippen LogP contribution in [-0.2, 0) is 4.74 Å². The molecular weight excluding hydrogens is 432 g/mol. The van der Waals surface area contributed by atoms with E-state index >= 15 is 0 Å². The van der Waals surface area contributed by atoms with Gasteiger partial charge in [0.15, 0.2) is 0 Å². The predicted octanol–water partition coefficient (Wildman–Crippen LogP) is 3.27. The SMILES string of the molecule is CCN(CC)c1ccc2cc(C(=O)Nc3sc(C(N)=O)c(C)c3C(=O)OC)c(=N)oc2c1. The van der Waals surface area contributed by atoms with Crippen LogP contribution in [0.5, 0.6) is 0 Å². The van der Waals surface area contributed by atoms with Crippen LogP contribution in [0.3, 0.4) is 0 Å². The minimum Gasteiger partial charge on any atom is -0.465 e. The molecule has 2 heterocycles. The third-order valence-electron chi connectivity index (χ3n) is 5.11. The first-order valence-electron chi connectivity index (χ1n) is 9.92. The summed E-state index contributed by atoms with van der Waals surface area (Å²) in [6.07, 6.45) is 0. The van der Waals surface area contributed by atoms with Crippen molar-refractivity contribution in [2.24, 2.45) is 5.73 Å². The van der Waals surface area contributed by atoms with Crippen LogP contribution in [0.1, 0.15) is 49.8 Å². The second-order valence-corrected chi connectivity index (χ2v) is 7.97. The molecule has 0 bridgehead atoms. The average molecular weight is 457 g/mol. The molecule has 0 aliphatic rings. The van der Waals surface area contributed by atoms with Crippen LogP contribution in [0.2, 0.25) is 0 Å². The summed E-state index contributed by atoms with van der Waals surface area (Å²) in [5, 5.41) is 11.6. The fourth-order valence-electron chi connectivity index (χ4n) is 3.43. The van der Waals surface area contributed by atoms with Crippen molar-refractivity contribution in [3.8, 4) is 0 Å². The summed E-state index contributed by atoms with van der Waals surface area (Å²) in [5.74, 6) is -2.08. The van der Waals surface area contributed by atoms with Gasteiger partial charge in [0, 0.05) is 30.2 Å². The Labute approximate surface area is 188 Å². The predicted molar refractivity (Wildman–Crippen MR) is 122 cm³/mol. The molecule has 0 aliphatic carbocycles. The smallest absolute Gasteiger partial charge is 0.341 e. The zero-order valence-corrected chi connectivity index (χ0v) is 19.0. The maximum Gasteiger partial charge on any atom is 0.341 e. The molecule has 0 saturated heterocycles. The summed E-state index contributed by atoms with van der Waals surface area (Å²) in [7, 11) is 1.20. The van der Waals surface area contributed by atoms with Gasteiger partial charge in [0.05, 0.1) is 17.6 Å². The number of benzene rings is 1. The van der Waals surface area contributed by atoms with E-state index in [0.717, 1.165) is 30.1 Å². The molecule has 1 aromatic carbocycles. The number of rotatable bonds is 7. The molecule has 4 N–H and O–H groups in total. The first kappa shape index (κ1) is 23.0. The van der Waals surface area contributed by atoms with Gasteiger partial charge in [0.2, 0.25) is 5.55 Å². The highest BCUT2D eigenvalue weighted by atomic mass is 32.1. The fourth-order valence-corrected chi connectivity index (χ4v) is 4.47. The molecule has 2 amide bonds. The van der Waals surface area contributed by atoms with Gasteiger partial charge in [0.25, 0.3) is 11.8 Å². The van der Waals surface area contributed by atoms with Gasteiger partial charge in [-0.05, 0) is 44.5 Å². The van der Waals surface area contributed by atoms with E-state index in [2.05, 4.69) is 10.2 Å². The van der Waals surface area contributed by atoms with Gasteiger partial charge in [-0.25, -0.2) is 4.79 Å². The van der Waals surface area contributed by atoms with Crippen LogP contribution in [0.4, 0.5) is 10.7 Å². The molecule has 32 heavy (non-hydrogen) atoms. The first-order valence-corrected chi connectivity index (χ1v) is 10.7. The number of hydrogen-bond donors (Lipinski definition) is 3. The molecule has 0 atom stereocenters. The maximum atomic E-state index is 12.9. The number of nitrogens with one attached hydrogen (secondary N) is 2. The maximum absolute atomic E-state index is 12.9. The van der Waals surface area contributed by atoms with Crippen molar-refractivity contribution < 1.29 is 23.5 Å². The Hall–Kier alpha value is -3.66. The van der Waals surface area contributed by atoms with Gasteiger partial charge in [-0.1, -0.05) is 0 Å². The summed E-state index contributed by atoms with van der Waals surface area (Å²) >= 11 is 0.876. The number of carbonyl (C=O) groups is 3. The van der Waals surface area contributed by atoms with Gasteiger partial charge >= 0.3 is 5.97 Å². The lowest BCUT2D eigenvalue weighted by Gasteiger charge is -2.21. The van der Waals surface area contributed by atoms with Gasteiger partial charge in [0.1, 0.15) is 16.1 Å². The molecule has 9 nitrogen and oxygen atoms in total. The quantitative estimate of drug-likeness (QED) is 0.466. The van der Waals surface area contributed by atoms with Crippen LogP contribution in [0.15, 0.2) is 28.7 Å². The highest BCUT2D eigenvalue weighted by Gasteiger charge is 2.26. The van der Waals surface area contributed by atoms with Crippen molar-refractivity contribution >= 4 is 50.8 Å². The largest absolute Gasteiger partial charge is 0.465 e. The Morgan fingerprint density at radius 1 is 1.22 bits per heavy atom. The van der Waals surface area contributed by atoms with Crippen LogP contribution < -0.4 is 21.5 Å². The number of nitrogens with zero attached hydrogens (tertiary/aromatic N) is 1. The minimum absolute atomic E-state index is 0.0180. The van der Waals surface area contributed by atoms with Crippen molar-refractivity contribution in [2.75, 3.05) is 30.4 Å². The molecule has 10 heteroatoms. The minimum atomic E-state index is -0.718. The highest BCUT2D eigenvalue weighted by Crippen LogP contribution is 2.33. The van der Waals surface area contributed by atoms with Gasteiger partial charge in [-0.3, -0.25) is 15.0 Å². The summed E-state index contributed by atoms with van der Waals surface area (Å²) in [6, 6.07) is 7.13. The Morgan fingerprint density at radius 2 is 1.91 bits per heavy atom. The van der Waals surface area contributed by atoms with Gasteiger partial charge in [-0.2, -0.15) is 0 Å². The number of ether oxygens (including phenoxy) is 1. The van der Waals surface area contributed by atoms with E-state index in [0.29, 0.717) is 16.5 Å². The highest BCUT2D eigenvalue weighted by molar-refractivity contribution is 7.18. The van der Waals surface area contributed by atoms with E-state index in [9.17, 15) is 14.4 Å². The van der Waals surface area contributed by atoms with E-state index in [-0.39, 0.29) is 26.6 Å². The topological polar surface area (TPSA) is 139 Å². The zero-order valence-electron chi connectivity index (χ0n) is 18.2. The Bertz CT molecular complexity index is 1270. The van der Waals surface area contributed by atoms with Crippen molar-refractivity contribution in [2.45, 2.75) is 20.8 Å². The van der Waals surface area contributed by atoms with E-state index in [4.69, 9.17) is 20.3 Å². The number of fused-ring (bicyclic) bond motifs is 1. The average Bonchev–Trinajstić information content (AvgIpc) is 3.09. The van der Waals surface area contributed by atoms with Crippen molar-refractivity contribution in [1.82, 2.24) is 0 Å². The number of methoxy groups -OCH3 is 1. The summed E-state index contributed by atoms with van der Waals surface area (Å²) < 4.78 is 10.4. The Morgan fingerprint density at radius 3 is 2.50 bits per heavy atom. The molecule has 0 fully saturated rings. The van der Waals surface area contributed by atoms with Gasteiger partial charge in [-0.15, -0.1) is 11.3 Å². The van der Waals surface area contributed by atoms with E-state index in [1.807, 2.05) is 32.0 Å². The van der Waals surface area contributed by atoms with Crippen molar-refractivity contribution in [3.63, 3.8) is 0 Å². The number of nitrogens with two attached hydrogens (primary N) is 1. The zero-order chi connectivity index (χ0) is 23.6. The number of carbonyl (C=O) groups excluding carboxylic acids is 3. The molecule has 0 saturated carbocycles. The Kier molecular flexibility index (Phi) is 6.64. The Balaban J connectivity index is 2.01. The second kappa shape index (κ2) is 9.23. The molecular formula is C22H24N4O5S. The van der Waals surface area contributed by atoms with Crippen molar-refractivity contribution in [1.29, 1.82) is 5.41 Å². The lowest BCUT2D eigenvalue weighted by molar-refractivity contribution is 0.0601. The van der Waals surface area contributed by atoms with Crippen LogP contribution in [0.25, 0.3) is 11.0 Å². The van der Waals surface area contributed by atoms with E-state index in [1.165, 1.54) is 7.11 Å². The third kappa shape index (κ3) is 4.22. The van der Waals surface area contributed by atoms with Crippen LogP contribution >= 0.6 is 11.3 Å². The van der Waals surface area contributed by atoms with E-state index in [1.54, 1.807) is 13.0 Å². The number of primary amides is 1. The molecule has 3 aromatic rings. The lowest BCUT2D eigenvalue weighted by atomic mass is 10.1. The third-order valence-corrected chi connectivity index (χ3v) is 6.34. The van der Waals surface area contributed by atoms with Crippen molar-refractivity contribution in [3.05, 3.63) is 51.4 Å². The molecule has 3 rings (SSSR count). The lowest BCUT2D eigenvalue weighted by Crippen LogP contribution is -2.22. The van der Waals surface area contributed by atoms with Gasteiger partial charge < -0.3 is 25.1 Å². The molecule has 2 aromatic heterocycles. The number of esters is 1. The summed E-state index contributed by atoms with van der Waals surface area (Å²) in [5.41, 5.74) is 6.84. The molecule has 0 spiro atoms. The number of amides is 2. The molecule has 0 aliphatic heterocycles. The fraction of sp³-hybridized carbons (Fsp3) is 0.273. The molecule has 0 radical (unpaired) electrons. The number of thiophene rings is 1. The molecule has 168 valence electrons. The number of hydrogen-bond acceptors (Lipinski definition) is 8. The number of anilines is 2. The molecule has 0 unspecified atom stereocenters. The second-order valence-electron chi connectivity index (χ2n) is 6.95. The normalized spacial score (nSPS) is 10.8. The summed E-state index contributed by atoms with van der Waals surface area (Å²) in [6.45, 7) is 7.30. The van der Waals surface area contributed by atoms with Crippen LogP contribution in [0, 0.1) is 12.3 Å². The van der Waals surface area contributed by atoms with E-state index < -0.39 is 17.8 Å². The standard InChI is InChI=1S/C22H24N4O5S/c1-5-26(6-2)13-8-7-12-9-14(19(24)31-15(12)10-13)20(28)25-21-16(22(29)30-4)11(3)17(32-21)18(23)27/h7-10,24H,5-6H2,1-4H3,(H2,23,27)(H,25,28). The first-order chi connectivity index (χ1) is 15.2.